The van der Waals surface area contributed by atoms with Crippen molar-refractivity contribution in [2.75, 3.05) is 0 Å². The fraction of sp³-hybridized carbons (Fsp3) is 0. The van der Waals surface area contributed by atoms with Crippen LogP contribution in [-0.4, -0.2) is 19.5 Å². The molecule has 6 heteroatoms. The molecule has 0 aliphatic heterocycles. The maximum atomic E-state index is 6.67. The number of thiophene rings is 1. The SMILES string of the molecule is c1ccc(-c2nc(-c3ccccc3)nc(-c3ccc4c(c3)oc3cc5c(cc34)sc3cccc(-n4c6ccccc6c6ccccc64)c35)n2)cc1. The van der Waals surface area contributed by atoms with Gasteiger partial charge in [-0.1, -0.05) is 109 Å². The van der Waals surface area contributed by atoms with Gasteiger partial charge in [0.15, 0.2) is 17.5 Å². The normalized spacial score (nSPS) is 11.9. The fourth-order valence-electron chi connectivity index (χ4n) is 7.52. The largest absolute Gasteiger partial charge is 0.456 e. The predicted octanol–water partition coefficient (Wildman–Crippen LogP) is 12.2. The molecule has 0 atom stereocenters. The third-order valence-corrected chi connectivity index (χ3v) is 11.0. The van der Waals surface area contributed by atoms with Crippen molar-refractivity contribution in [3.05, 3.63) is 158 Å². The second kappa shape index (κ2) is 10.9. The van der Waals surface area contributed by atoms with E-state index in [9.17, 15) is 0 Å². The van der Waals surface area contributed by atoms with E-state index in [0.29, 0.717) is 17.5 Å². The van der Waals surface area contributed by atoms with E-state index in [4.69, 9.17) is 19.4 Å². The second-order valence-electron chi connectivity index (χ2n) is 12.8. The van der Waals surface area contributed by atoms with E-state index in [0.717, 1.165) is 38.6 Å². The standard InChI is InChI=1S/C45H26N4OS/c1-3-12-27(13-4-1)43-46-44(28-14-5-2-6-15-28)48-45(47-43)29-22-23-32-33-26-41-34(25-39(33)50-38(32)24-29)42-37(20-11-21-40(42)51-41)49-35-18-9-7-16-30(35)31-17-8-10-19-36(31)49/h1-26H. The summed E-state index contributed by atoms with van der Waals surface area (Å²) >= 11 is 1.83. The minimum Gasteiger partial charge on any atom is -0.456 e. The molecule has 4 heterocycles. The Kier molecular flexibility index (Phi) is 6.05. The molecule has 238 valence electrons. The van der Waals surface area contributed by atoms with Crippen LogP contribution in [0, 0.1) is 0 Å². The van der Waals surface area contributed by atoms with Gasteiger partial charge in [-0.3, -0.25) is 0 Å². The molecule has 0 saturated carbocycles. The van der Waals surface area contributed by atoms with Gasteiger partial charge < -0.3 is 8.98 Å². The lowest BCUT2D eigenvalue weighted by molar-refractivity contribution is 0.669. The first-order valence-electron chi connectivity index (χ1n) is 16.9. The van der Waals surface area contributed by atoms with Crippen LogP contribution in [-0.2, 0) is 0 Å². The Balaban J connectivity index is 1.10. The molecule has 0 saturated heterocycles. The molecule has 7 aromatic carbocycles. The number of hydrogen-bond acceptors (Lipinski definition) is 5. The van der Waals surface area contributed by atoms with Gasteiger partial charge in [-0.2, -0.15) is 0 Å². The van der Waals surface area contributed by atoms with Crippen LogP contribution in [0.4, 0.5) is 0 Å². The van der Waals surface area contributed by atoms with Crippen molar-refractivity contribution in [1.82, 2.24) is 19.5 Å². The van der Waals surface area contributed by atoms with Gasteiger partial charge in [0.2, 0.25) is 0 Å². The number of benzene rings is 7. The molecule has 0 radical (unpaired) electrons. The summed E-state index contributed by atoms with van der Waals surface area (Å²) in [4.78, 5) is 14.7. The first-order valence-corrected chi connectivity index (χ1v) is 17.8. The molecule has 11 aromatic rings. The Morgan fingerprint density at radius 2 is 1.00 bits per heavy atom. The first kappa shape index (κ1) is 28.2. The number of para-hydroxylation sites is 2. The number of nitrogens with zero attached hydrogens (tertiary/aromatic N) is 4. The highest BCUT2D eigenvalue weighted by Gasteiger charge is 2.19. The molecule has 0 amide bonds. The Hall–Kier alpha value is -6.63. The molecule has 0 fully saturated rings. The van der Waals surface area contributed by atoms with Gasteiger partial charge in [-0.25, -0.2) is 15.0 Å². The van der Waals surface area contributed by atoms with E-state index in [2.05, 4.69) is 102 Å². The topological polar surface area (TPSA) is 56.7 Å². The minimum atomic E-state index is 0.604. The van der Waals surface area contributed by atoms with Crippen LogP contribution in [0.1, 0.15) is 0 Å². The van der Waals surface area contributed by atoms with Crippen molar-refractivity contribution in [3.8, 4) is 39.9 Å². The highest BCUT2D eigenvalue weighted by molar-refractivity contribution is 7.26. The van der Waals surface area contributed by atoms with Crippen LogP contribution in [0.3, 0.4) is 0 Å². The van der Waals surface area contributed by atoms with Crippen molar-refractivity contribution in [3.63, 3.8) is 0 Å². The lowest BCUT2D eigenvalue weighted by Gasteiger charge is -2.10. The Morgan fingerprint density at radius 1 is 0.412 bits per heavy atom. The van der Waals surface area contributed by atoms with Gasteiger partial charge in [-0.15, -0.1) is 11.3 Å². The van der Waals surface area contributed by atoms with Gasteiger partial charge in [0.25, 0.3) is 0 Å². The zero-order chi connectivity index (χ0) is 33.5. The number of rotatable bonds is 4. The smallest absolute Gasteiger partial charge is 0.164 e. The highest BCUT2D eigenvalue weighted by atomic mass is 32.1. The number of furan rings is 1. The monoisotopic (exact) mass is 670 g/mol. The molecule has 0 bridgehead atoms. The Labute approximate surface area is 295 Å². The summed E-state index contributed by atoms with van der Waals surface area (Å²) in [7, 11) is 0. The van der Waals surface area contributed by atoms with Gasteiger partial charge >= 0.3 is 0 Å². The van der Waals surface area contributed by atoms with E-state index >= 15 is 0 Å². The third-order valence-electron chi connectivity index (χ3n) is 9.85. The Bertz CT molecular complexity index is 3030. The molecule has 11 rings (SSSR count). The summed E-state index contributed by atoms with van der Waals surface area (Å²) < 4.78 is 11.6. The number of aromatic nitrogens is 4. The van der Waals surface area contributed by atoms with Gasteiger partial charge in [0.05, 0.1) is 16.7 Å². The van der Waals surface area contributed by atoms with Gasteiger partial charge in [0.1, 0.15) is 11.2 Å². The average Bonchev–Trinajstić information content (AvgIpc) is 3.86. The first-order chi connectivity index (χ1) is 25.3. The highest BCUT2D eigenvalue weighted by Crippen LogP contribution is 2.44. The summed E-state index contributed by atoms with van der Waals surface area (Å²) in [5.74, 6) is 1.87. The molecule has 51 heavy (non-hydrogen) atoms. The van der Waals surface area contributed by atoms with Crippen LogP contribution in [0.5, 0.6) is 0 Å². The van der Waals surface area contributed by atoms with E-state index in [1.54, 1.807) is 0 Å². The van der Waals surface area contributed by atoms with Crippen LogP contribution in [0.25, 0.3) is 104 Å². The summed E-state index contributed by atoms with van der Waals surface area (Å²) in [6, 6.07) is 54.9. The van der Waals surface area contributed by atoms with Crippen molar-refractivity contribution in [2.45, 2.75) is 0 Å². The molecular formula is C45H26N4OS. The van der Waals surface area contributed by atoms with Gasteiger partial charge in [0, 0.05) is 58.4 Å². The van der Waals surface area contributed by atoms with Gasteiger partial charge in [-0.05, 0) is 48.5 Å². The third kappa shape index (κ3) is 4.37. The average molecular weight is 671 g/mol. The quantitative estimate of drug-likeness (QED) is 0.187. The van der Waals surface area contributed by atoms with Crippen molar-refractivity contribution >= 4 is 75.3 Å². The molecule has 0 spiro atoms. The van der Waals surface area contributed by atoms with E-state index in [1.807, 2.05) is 72.0 Å². The van der Waals surface area contributed by atoms with E-state index in [1.165, 1.54) is 47.7 Å². The number of hydrogen-bond donors (Lipinski definition) is 0. The minimum absolute atomic E-state index is 0.604. The van der Waals surface area contributed by atoms with E-state index in [-0.39, 0.29) is 0 Å². The molecule has 0 N–H and O–H groups in total. The second-order valence-corrected chi connectivity index (χ2v) is 13.9. The van der Waals surface area contributed by atoms with Crippen LogP contribution in [0.2, 0.25) is 0 Å². The van der Waals surface area contributed by atoms with Crippen LogP contribution in [0.15, 0.2) is 162 Å². The lowest BCUT2D eigenvalue weighted by atomic mass is 10.1. The summed E-state index contributed by atoms with van der Waals surface area (Å²) in [5.41, 5.74) is 7.99. The maximum absolute atomic E-state index is 6.67. The Morgan fingerprint density at radius 3 is 1.67 bits per heavy atom. The molecule has 0 aliphatic rings. The molecular weight excluding hydrogens is 645 g/mol. The zero-order valence-electron chi connectivity index (χ0n) is 27.1. The van der Waals surface area contributed by atoms with Crippen molar-refractivity contribution in [1.29, 1.82) is 0 Å². The fourth-order valence-corrected chi connectivity index (χ4v) is 8.67. The lowest BCUT2D eigenvalue weighted by Crippen LogP contribution is -2.00. The van der Waals surface area contributed by atoms with Crippen LogP contribution >= 0.6 is 11.3 Å². The molecule has 5 nitrogen and oxygen atoms in total. The van der Waals surface area contributed by atoms with Crippen molar-refractivity contribution in [2.24, 2.45) is 0 Å². The maximum Gasteiger partial charge on any atom is 0.164 e. The van der Waals surface area contributed by atoms with Crippen molar-refractivity contribution < 1.29 is 4.42 Å². The van der Waals surface area contributed by atoms with E-state index < -0.39 is 0 Å². The summed E-state index contributed by atoms with van der Waals surface area (Å²) in [5, 5.41) is 7.10. The van der Waals surface area contributed by atoms with Crippen LogP contribution < -0.4 is 0 Å². The molecule has 0 unspecified atom stereocenters. The summed E-state index contributed by atoms with van der Waals surface area (Å²) in [6.45, 7) is 0. The zero-order valence-corrected chi connectivity index (χ0v) is 27.9. The molecule has 0 aliphatic carbocycles. The summed E-state index contributed by atoms with van der Waals surface area (Å²) in [6.07, 6.45) is 0. The number of fused-ring (bicyclic) bond motifs is 9. The molecule has 4 aromatic heterocycles. The predicted molar refractivity (Wildman–Crippen MR) is 211 cm³/mol.